The van der Waals surface area contributed by atoms with Gasteiger partial charge in [0, 0.05) is 18.4 Å². The SMILES string of the molecule is CN(C)C(CC(N)C(=O)O)c1ccncc1. The first kappa shape index (κ1) is 12.6. The molecule has 0 aliphatic heterocycles. The van der Waals surface area contributed by atoms with Crippen LogP contribution in [0.2, 0.25) is 0 Å². The van der Waals surface area contributed by atoms with Gasteiger partial charge in [0.2, 0.25) is 0 Å². The lowest BCUT2D eigenvalue weighted by atomic mass is 10.00. The number of nitrogens with two attached hydrogens (primary N) is 1. The monoisotopic (exact) mass is 223 g/mol. The van der Waals surface area contributed by atoms with Gasteiger partial charge in [0.05, 0.1) is 0 Å². The molecular formula is C11H17N3O2. The van der Waals surface area contributed by atoms with Gasteiger partial charge in [-0.15, -0.1) is 0 Å². The van der Waals surface area contributed by atoms with Gasteiger partial charge in [-0.1, -0.05) is 0 Å². The quantitative estimate of drug-likeness (QED) is 0.759. The minimum Gasteiger partial charge on any atom is -0.480 e. The highest BCUT2D eigenvalue weighted by Gasteiger charge is 2.21. The number of hydrogen-bond donors (Lipinski definition) is 2. The summed E-state index contributed by atoms with van der Waals surface area (Å²) in [6.45, 7) is 0. The Hall–Kier alpha value is -1.46. The van der Waals surface area contributed by atoms with Crippen LogP contribution in [0.5, 0.6) is 0 Å². The Balaban J connectivity index is 2.81. The number of hydrogen-bond acceptors (Lipinski definition) is 4. The Morgan fingerprint density at radius 2 is 2.06 bits per heavy atom. The Morgan fingerprint density at radius 3 is 2.50 bits per heavy atom. The van der Waals surface area contributed by atoms with Crippen molar-refractivity contribution >= 4 is 5.97 Å². The normalized spacial score (nSPS) is 14.8. The van der Waals surface area contributed by atoms with E-state index in [1.807, 2.05) is 31.1 Å². The molecule has 0 radical (unpaired) electrons. The maximum atomic E-state index is 10.7. The molecule has 1 heterocycles. The summed E-state index contributed by atoms with van der Waals surface area (Å²) in [7, 11) is 3.80. The molecule has 5 nitrogen and oxygen atoms in total. The number of aromatic nitrogens is 1. The molecule has 16 heavy (non-hydrogen) atoms. The molecule has 88 valence electrons. The van der Waals surface area contributed by atoms with E-state index in [-0.39, 0.29) is 6.04 Å². The van der Waals surface area contributed by atoms with Gasteiger partial charge in [-0.3, -0.25) is 9.78 Å². The molecule has 0 amide bonds. The summed E-state index contributed by atoms with van der Waals surface area (Å²) in [4.78, 5) is 16.6. The van der Waals surface area contributed by atoms with Crippen molar-refractivity contribution in [3.8, 4) is 0 Å². The molecule has 0 bridgehead atoms. The zero-order chi connectivity index (χ0) is 12.1. The number of pyridine rings is 1. The Bertz CT molecular complexity index is 340. The topological polar surface area (TPSA) is 79.5 Å². The lowest BCUT2D eigenvalue weighted by Gasteiger charge is -2.26. The van der Waals surface area contributed by atoms with Crippen LogP contribution in [0, 0.1) is 0 Å². The van der Waals surface area contributed by atoms with Crippen molar-refractivity contribution in [2.75, 3.05) is 14.1 Å². The van der Waals surface area contributed by atoms with Crippen LogP contribution in [0.15, 0.2) is 24.5 Å². The molecule has 0 aliphatic carbocycles. The van der Waals surface area contributed by atoms with Crippen molar-refractivity contribution in [3.63, 3.8) is 0 Å². The van der Waals surface area contributed by atoms with E-state index < -0.39 is 12.0 Å². The van der Waals surface area contributed by atoms with Gasteiger partial charge in [-0.25, -0.2) is 0 Å². The van der Waals surface area contributed by atoms with E-state index in [4.69, 9.17) is 10.8 Å². The molecule has 1 aromatic rings. The first-order valence-electron chi connectivity index (χ1n) is 5.07. The molecule has 0 fully saturated rings. The highest BCUT2D eigenvalue weighted by atomic mass is 16.4. The fraction of sp³-hybridized carbons (Fsp3) is 0.455. The summed E-state index contributed by atoms with van der Waals surface area (Å²) in [5, 5.41) is 8.80. The minimum absolute atomic E-state index is 0.00546. The van der Waals surface area contributed by atoms with E-state index in [2.05, 4.69) is 4.98 Å². The second-order valence-electron chi connectivity index (χ2n) is 3.94. The van der Waals surface area contributed by atoms with Gasteiger partial charge >= 0.3 is 5.97 Å². The fourth-order valence-corrected chi connectivity index (χ4v) is 1.57. The number of carboxylic acids is 1. The zero-order valence-electron chi connectivity index (χ0n) is 9.50. The molecule has 5 heteroatoms. The smallest absolute Gasteiger partial charge is 0.320 e. The molecular weight excluding hydrogens is 206 g/mol. The van der Waals surface area contributed by atoms with Gasteiger partial charge in [0.25, 0.3) is 0 Å². The first-order chi connectivity index (χ1) is 7.52. The molecule has 1 aromatic heterocycles. The molecule has 0 spiro atoms. The van der Waals surface area contributed by atoms with Crippen LogP contribution in [0.1, 0.15) is 18.0 Å². The maximum Gasteiger partial charge on any atom is 0.320 e. The van der Waals surface area contributed by atoms with Crippen LogP contribution in [-0.4, -0.2) is 41.1 Å². The van der Waals surface area contributed by atoms with E-state index in [0.29, 0.717) is 6.42 Å². The summed E-state index contributed by atoms with van der Waals surface area (Å²) < 4.78 is 0. The van der Waals surface area contributed by atoms with Crippen LogP contribution < -0.4 is 5.73 Å². The maximum absolute atomic E-state index is 10.7. The highest BCUT2D eigenvalue weighted by Crippen LogP contribution is 2.22. The first-order valence-corrected chi connectivity index (χ1v) is 5.07. The summed E-state index contributed by atoms with van der Waals surface area (Å²) in [5.74, 6) is -0.971. The van der Waals surface area contributed by atoms with Crippen molar-refractivity contribution in [3.05, 3.63) is 30.1 Å². The predicted molar refractivity (Wildman–Crippen MR) is 60.9 cm³/mol. The van der Waals surface area contributed by atoms with Crippen LogP contribution in [0.25, 0.3) is 0 Å². The number of aliphatic carboxylic acids is 1. The molecule has 3 N–H and O–H groups in total. The minimum atomic E-state index is -0.971. The Labute approximate surface area is 94.9 Å². The van der Waals surface area contributed by atoms with Crippen molar-refractivity contribution in [2.24, 2.45) is 5.73 Å². The van der Waals surface area contributed by atoms with Gasteiger partial charge < -0.3 is 15.7 Å². The highest BCUT2D eigenvalue weighted by molar-refractivity contribution is 5.73. The average molecular weight is 223 g/mol. The fourth-order valence-electron chi connectivity index (χ4n) is 1.57. The number of rotatable bonds is 5. The molecule has 2 unspecified atom stereocenters. The third kappa shape index (κ3) is 3.29. The number of carboxylic acid groups (broad SMARTS) is 1. The van der Waals surface area contributed by atoms with Crippen LogP contribution in [-0.2, 0) is 4.79 Å². The molecule has 0 saturated carbocycles. The van der Waals surface area contributed by atoms with E-state index in [1.165, 1.54) is 0 Å². The second-order valence-corrected chi connectivity index (χ2v) is 3.94. The Kier molecular flexibility index (Phi) is 4.39. The van der Waals surface area contributed by atoms with Crippen LogP contribution in [0.3, 0.4) is 0 Å². The van der Waals surface area contributed by atoms with E-state index in [1.54, 1.807) is 12.4 Å². The van der Waals surface area contributed by atoms with E-state index in [9.17, 15) is 4.79 Å². The third-order valence-corrected chi connectivity index (χ3v) is 2.51. The zero-order valence-corrected chi connectivity index (χ0v) is 9.50. The molecule has 0 aliphatic rings. The van der Waals surface area contributed by atoms with Crippen molar-refractivity contribution < 1.29 is 9.90 Å². The van der Waals surface area contributed by atoms with Crippen molar-refractivity contribution in [2.45, 2.75) is 18.5 Å². The predicted octanol–water partition coefficient (Wildman–Crippen LogP) is 0.486. The molecule has 1 rings (SSSR count). The van der Waals surface area contributed by atoms with Crippen LogP contribution >= 0.6 is 0 Å². The average Bonchev–Trinajstić information content (AvgIpc) is 2.26. The molecule has 0 aromatic carbocycles. The molecule has 2 atom stereocenters. The van der Waals surface area contributed by atoms with Gasteiger partial charge in [0.1, 0.15) is 6.04 Å². The van der Waals surface area contributed by atoms with Gasteiger partial charge in [-0.05, 0) is 38.2 Å². The lowest BCUT2D eigenvalue weighted by Crippen LogP contribution is -2.35. The summed E-state index contributed by atoms with van der Waals surface area (Å²) in [5.41, 5.74) is 6.58. The standard InChI is InChI=1S/C11H17N3O2/c1-14(2)10(7-9(12)11(15)16)8-3-5-13-6-4-8/h3-6,9-10H,7,12H2,1-2H3,(H,15,16). The number of nitrogens with zero attached hydrogens (tertiary/aromatic N) is 2. The lowest BCUT2D eigenvalue weighted by molar-refractivity contribution is -0.139. The molecule has 0 saturated heterocycles. The Morgan fingerprint density at radius 1 is 1.50 bits per heavy atom. The third-order valence-electron chi connectivity index (χ3n) is 2.51. The largest absolute Gasteiger partial charge is 0.480 e. The van der Waals surface area contributed by atoms with E-state index in [0.717, 1.165) is 5.56 Å². The van der Waals surface area contributed by atoms with E-state index >= 15 is 0 Å². The summed E-state index contributed by atoms with van der Waals surface area (Å²) >= 11 is 0. The summed E-state index contributed by atoms with van der Waals surface area (Å²) in [6, 6.07) is 2.90. The van der Waals surface area contributed by atoms with Gasteiger partial charge in [-0.2, -0.15) is 0 Å². The number of carbonyl (C=O) groups is 1. The van der Waals surface area contributed by atoms with Crippen molar-refractivity contribution in [1.29, 1.82) is 0 Å². The van der Waals surface area contributed by atoms with Crippen molar-refractivity contribution in [1.82, 2.24) is 9.88 Å². The second kappa shape index (κ2) is 5.58. The van der Waals surface area contributed by atoms with Crippen LogP contribution in [0.4, 0.5) is 0 Å². The summed E-state index contributed by atoms with van der Waals surface area (Å²) in [6.07, 6.45) is 3.77. The van der Waals surface area contributed by atoms with Gasteiger partial charge in [0.15, 0.2) is 0 Å².